The van der Waals surface area contributed by atoms with Crippen LogP contribution >= 0.6 is 11.6 Å². The molecular formula is C20H20ClNO2. The molecule has 24 heavy (non-hydrogen) atoms. The number of halogens is 1. The van der Waals surface area contributed by atoms with E-state index in [0.29, 0.717) is 11.6 Å². The first kappa shape index (κ1) is 15.7. The summed E-state index contributed by atoms with van der Waals surface area (Å²) in [5.41, 5.74) is 2.55. The van der Waals surface area contributed by atoms with Crippen molar-refractivity contribution in [1.82, 2.24) is 5.32 Å². The van der Waals surface area contributed by atoms with Crippen molar-refractivity contribution >= 4 is 17.6 Å². The van der Waals surface area contributed by atoms with E-state index in [1.807, 2.05) is 54.6 Å². The maximum Gasteiger partial charge on any atom is 0.339 e. The van der Waals surface area contributed by atoms with Crippen molar-refractivity contribution in [2.45, 2.75) is 42.8 Å². The summed E-state index contributed by atoms with van der Waals surface area (Å²) in [6.45, 7) is 0. The zero-order valence-electron chi connectivity index (χ0n) is 13.3. The fourth-order valence-electron chi connectivity index (χ4n) is 3.85. The third kappa shape index (κ3) is 3.06. The van der Waals surface area contributed by atoms with Gasteiger partial charge in [0.2, 0.25) is 0 Å². The molecule has 0 spiro atoms. The van der Waals surface area contributed by atoms with Gasteiger partial charge in [-0.3, -0.25) is 0 Å². The van der Waals surface area contributed by atoms with E-state index in [0.717, 1.165) is 30.4 Å². The third-order valence-corrected chi connectivity index (χ3v) is 5.31. The van der Waals surface area contributed by atoms with Crippen LogP contribution in [0.5, 0.6) is 0 Å². The zero-order chi connectivity index (χ0) is 16.5. The predicted molar refractivity (Wildman–Crippen MR) is 95.3 cm³/mol. The van der Waals surface area contributed by atoms with Crippen molar-refractivity contribution in [1.29, 1.82) is 0 Å². The second-order valence-electron chi connectivity index (χ2n) is 6.63. The van der Waals surface area contributed by atoms with Crippen molar-refractivity contribution in [3.8, 4) is 11.1 Å². The zero-order valence-corrected chi connectivity index (χ0v) is 14.1. The Morgan fingerprint density at radius 1 is 1.00 bits per heavy atom. The number of rotatable bonds is 3. The van der Waals surface area contributed by atoms with Gasteiger partial charge in [0.15, 0.2) is 0 Å². The Morgan fingerprint density at radius 3 is 2.58 bits per heavy atom. The van der Waals surface area contributed by atoms with Gasteiger partial charge in [0.05, 0.1) is 5.56 Å². The lowest BCUT2D eigenvalue weighted by atomic mass is 10.00. The maximum atomic E-state index is 12.8. The number of benzene rings is 2. The molecule has 2 aliphatic rings. The highest BCUT2D eigenvalue weighted by Gasteiger charge is 2.42. The van der Waals surface area contributed by atoms with Gasteiger partial charge in [0.1, 0.15) is 6.10 Å². The van der Waals surface area contributed by atoms with Gasteiger partial charge in [0.25, 0.3) is 0 Å². The Morgan fingerprint density at radius 2 is 1.75 bits per heavy atom. The molecule has 0 aromatic heterocycles. The van der Waals surface area contributed by atoms with E-state index in [1.165, 1.54) is 0 Å². The summed E-state index contributed by atoms with van der Waals surface area (Å²) >= 11 is 6.29. The van der Waals surface area contributed by atoms with Crippen molar-refractivity contribution in [2.75, 3.05) is 0 Å². The Labute approximate surface area is 147 Å². The van der Waals surface area contributed by atoms with Crippen LogP contribution in [0.4, 0.5) is 0 Å². The highest BCUT2D eigenvalue weighted by atomic mass is 35.5. The molecule has 3 nitrogen and oxygen atoms in total. The number of piperidine rings is 1. The fraction of sp³-hybridized carbons (Fsp3) is 0.350. The molecule has 0 saturated carbocycles. The third-order valence-electron chi connectivity index (χ3n) is 4.96. The highest BCUT2D eigenvalue weighted by molar-refractivity contribution is 6.20. The highest BCUT2D eigenvalue weighted by Crippen LogP contribution is 2.33. The normalized spacial score (nSPS) is 28.5. The fourth-order valence-corrected chi connectivity index (χ4v) is 4.26. The first-order valence-electron chi connectivity index (χ1n) is 8.46. The van der Waals surface area contributed by atoms with Crippen molar-refractivity contribution in [3.63, 3.8) is 0 Å². The smallest absolute Gasteiger partial charge is 0.339 e. The number of nitrogens with one attached hydrogen (secondary N) is 1. The number of carbonyl (C=O) groups is 1. The molecular weight excluding hydrogens is 322 g/mol. The van der Waals surface area contributed by atoms with Crippen molar-refractivity contribution in [2.24, 2.45) is 0 Å². The van der Waals surface area contributed by atoms with Crippen LogP contribution in [0.25, 0.3) is 11.1 Å². The minimum Gasteiger partial charge on any atom is -0.457 e. The number of hydrogen-bond acceptors (Lipinski definition) is 3. The van der Waals surface area contributed by atoms with Crippen LogP contribution in [0.1, 0.15) is 29.6 Å². The average molecular weight is 342 g/mol. The molecule has 2 heterocycles. The van der Waals surface area contributed by atoms with E-state index in [1.54, 1.807) is 0 Å². The van der Waals surface area contributed by atoms with Crippen LogP contribution in [0.15, 0.2) is 54.6 Å². The van der Waals surface area contributed by atoms with E-state index >= 15 is 0 Å². The van der Waals surface area contributed by atoms with Gasteiger partial charge < -0.3 is 10.1 Å². The maximum absolute atomic E-state index is 12.8. The first-order valence-corrected chi connectivity index (χ1v) is 8.90. The number of fused-ring (bicyclic) bond motifs is 2. The Hall–Kier alpha value is -1.84. The van der Waals surface area contributed by atoms with Crippen LogP contribution in [0.3, 0.4) is 0 Å². The molecule has 0 radical (unpaired) electrons. The molecule has 2 aromatic carbocycles. The second-order valence-corrected chi connectivity index (χ2v) is 7.25. The summed E-state index contributed by atoms with van der Waals surface area (Å²) < 4.78 is 5.86. The number of ether oxygens (including phenoxy) is 1. The van der Waals surface area contributed by atoms with E-state index in [-0.39, 0.29) is 23.5 Å². The lowest BCUT2D eigenvalue weighted by molar-refractivity contribution is 0.0271. The van der Waals surface area contributed by atoms with Gasteiger partial charge in [-0.05, 0) is 30.0 Å². The van der Waals surface area contributed by atoms with E-state index < -0.39 is 0 Å². The summed E-state index contributed by atoms with van der Waals surface area (Å²) in [4.78, 5) is 12.8. The minimum atomic E-state index is -0.250. The molecule has 4 unspecified atom stereocenters. The monoisotopic (exact) mass is 341 g/mol. The lowest BCUT2D eigenvalue weighted by Crippen LogP contribution is -2.42. The topological polar surface area (TPSA) is 38.3 Å². The molecule has 2 aliphatic heterocycles. The van der Waals surface area contributed by atoms with Gasteiger partial charge in [0, 0.05) is 23.9 Å². The average Bonchev–Trinajstić information content (AvgIpc) is 2.89. The summed E-state index contributed by atoms with van der Waals surface area (Å²) in [5.74, 6) is -0.250. The molecule has 2 aromatic rings. The van der Waals surface area contributed by atoms with Crippen molar-refractivity contribution < 1.29 is 9.53 Å². The number of hydrogen-bond donors (Lipinski definition) is 1. The molecule has 0 aliphatic carbocycles. The van der Waals surface area contributed by atoms with Crippen LogP contribution in [-0.4, -0.2) is 29.5 Å². The SMILES string of the molecule is O=C(OC1CC2CC(Cl)CC1N2)c1ccccc1-c1ccccc1. The van der Waals surface area contributed by atoms with Gasteiger partial charge in [-0.25, -0.2) is 4.79 Å². The molecule has 2 bridgehead atoms. The van der Waals surface area contributed by atoms with Crippen LogP contribution in [-0.2, 0) is 4.74 Å². The van der Waals surface area contributed by atoms with E-state index in [9.17, 15) is 4.79 Å². The molecule has 1 N–H and O–H groups in total. The summed E-state index contributed by atoms with van der Waals surface area (Å²) in [7, 11) is 0. The molecule has 4 atom stereocenters. The predicted octanol–water partition coefficient (Wildman–Crippen LogP) is 4.01. The van der Waals surface area contributed by atoms with Crippen LogP contribution in [0, 0.1) is 0 Å². The van der Waals surface area contributed by atoms with Gasteiger partial charge >= 0.3 is 5.97 Å². The molecule has 2 fully saturated rings. The van der Waals surface area contributed by atoms with Crippen LogP contribution < -0.4 is 5.32 Å². The van der Waals surface area contributed by atoms with E-state index in [2.05, 4.69) is 5.32 Å². The second kappa shape index (κ2) is 6.58. The summed E-state index contributed by atoms with van der Waals surface area (Å²) in [6, 6.07) is 18.1. The largest absolute Gasteiger partial charge is 0.457 e. The Balaban J connectivity index is 1.56. The standard InChI is InChI=1S/C20H20ClNO2/c21-14-10-15-12-19(18(11-14)22-15)24-20(23)17-9-5-4-8-16(17)13-6-2-1-3-7-13/h1-9,14-15,18-19,22H,10-12H2. The van der Waals surface area contributed by atoms with Gasteiger partial charge in [-0.15, -0.1) is 11.6 Å². The quantitative estimate of drug-likeness (QED) is 0.677. The van der Waals surface area contributed by atoms with Crippen LogP contribution in [0.2, 0.25) is 0 Å². The number of carbonyl (C=O) groups excluding carboxylic acids is 1. The van der Waals surface area contributed by atoms with Gasteiger partial charge in [-0.1, -0.05) is 48.5 Å². The van der Waals surface area contributed by atoms with E-state index in [4.69, 9.17) is 16.3 Å². The molecule has 4 rings (SSSR count). The first-order chi connectivity index (χ1) is 11.7. The minimum absolute atomic E-state index is 0.0879. The van der Waals surface area contributed by atoms with Gasteiger partial charge in [-0.2, -0.15) is 0 Å². The molecule has 0 amide bonds. The van der Waals surface area contributed by atoms with Crippen molar-refractivity contribution in [3.05, 3.63) is 60.2 Å². The summed E-state index contributed by atoms with van der Waals surface area (Å²) in [5, 5.41) is 3.69. The molecule has 2 saturated heterocycles. The number of alkyl halides is 1. The molecule has 4 heteroatoms. The Bertz CT molecular complexity index is 733. The lowest BCUT2D eigenvalue weighted by Gasteiger charge is -2.26. The molecule has 124 valence electrons. The summed E-state index contributed by atoms with van der Waals surface area (Å²) in [6.07, 6.45) is 2.57. The Kier molecular flexibility index (Phi) is 4.30. The number of esters is 1.